The third-order valence-electron chi connectivity index (χ3n) is 7.54. The summed E-state index contributed by atoms with van der Waals surface area (Å²) in [5.41, 5.74) is 0.568. The van der Waals surface area contributed by atoms with Crippen LogP contribution in [0, 0.1) is 17.3 Å². The van der Waals surface area contributed by atoms with E-state index in [4.69, 9.17) is 9.15 Å². The van der Waals surface area contributed by atoms with E-state index in [1.54, 1.807) is 0 Å². The van der Waals surface area contributed by atoms with E-state index in [2.05, 4.69) is 0 Å². The Labute approximate surface area is 156 Å². The maximum atomic E-state index is 13.4. The Hall–Kier alpha value is -2.21. The van der Waals surface area contributed by atoms with Gasteiger partial charge in [0, 0.05) is 30.4 Å². The van der Waals surface area contributed by atoms with E-state index in [9.17, 15) is 19.5 Å². The lowest BCUT2D eigenvalue weighted by molar-refractivity contribution is -0.126. The molecule has 142 valence electrons. The van der Waals surface area contributed by atoms with Gasteiger partial charge in [0.15, 0.2) is 5.76 Å². The summed E-state index contributed by atoms with van der Waals surface area (Å²) in [6, 6.07) is 0. The maximum Gasteiger partial charge on any atom is 0.342 e. The summed E-state index contributed by atoms with van der Waals surface area (Å²) in [7, 11) is 0. The summed E-state index contributed by atoms with van der Waals surface area (Å²) in [6.07, 6.45) is 4.82. The predicted octanol–water partition coefficient (Wildman–Crippen LogP) is 2.59. The first kappa shape index (κ1) is 16.9. The Morgan fingerprint density at radius 1 is 1.26 bits per heavy atom. The molecule has 6 heteroatoms. The molecule has 1 aliphatic heterocycles. The van der Waals surface area contributed by atoms with Gasteiger partial charge in [-0.05, 0) is 31.3 Å². The van der Waals surface area contributed by atoms with Crippen LogP contribution in [0.25, 0.3) is 0 Å². The van der Waals surface area contributed by atoms with Crippen molar-refractivity contribution in [2.75, 3.05) is 6.61 Å². The minimum absolute atomic E-state index is 0.0663. The molecule has 3 aliphatic carbocycles. The second-order valence-electron chi connectivity index (χ2n) is 8.65. The second kappa shape index (κ2) is 5.19. The first-order valence-corrected chi connectivity index (χ1v) is 9.56. The molecule has 0 saturated heterocycles. The highest BCUT2D eigenvalue weighted by Gasteiger charge is 2.63. The molecule has 4 aliphatic rings. The average molecular weight is 370 g/mol. The number of fused-ring (bicyclic) bond motifs is 4. The molecule has 5 rings (SSSR count). The molecule has 27 heavy (non-hydrogen) atoms. The molecule has 0 spiro atoms. The fourth-order valence-corrected chi connectivity index (χ4v) is 6.03. The third kappa shape index (κ3) is 1.82. The van der Waals surface area contributed by atoms with E-state index in [1.165, 1.54) is 6.26 Å². The van der Waals surface area contributed by atoms with Crippen LogP contribution in [0.5, 0.6) is 0 Å². The zero-order valence-corrected chi connectivity index (χ0v) is 15.4. The molecule has 5 atom stereocenters. The minimum atomic E-state index is -0.722. The Kier molecular flexibility index (Phi) is 3.25. The molecule has 0 bridgehead atoms. The van der Waals surface area contributed by atoms with Crippen molar-refractivity contribution in [1.29, 1.82) is 0 Å². The smallest absolute Gasteiger partial charge is 0.342 e. The topological polar surface area (TPSA) is 93.8 Å². The number of carbonyl (C=O) groups excluding carboxylic acids is 3. The standard InChI is InChI=1S/C21H22O6/c1-20-7-5-12-15(11(20)3-4-13(20)23)17(24)18-16-10(9-26-18)19(25)27-14(6-8-22)21(12,16)2/h5,9,11,14-15,22H,3-4,6-8H2,1-2H3/t11-,14+,15?,20-,21-/m0/s1. The number of hydrogen-bond acceptors (Lipinski definition) is 6. The monoisotopic (exact) mass is 370 g/mol. The molecule has 1 aromatic rings. The van der Waals surface area contributed by atoms with Crippen LogP contribution in [0.3, 0.4) is 0 Å². The second-order valence-corrected chi connectivity index (χ2v) is 8.65. The van der Waals surface area contributed by atoms with Crippen LogP contribution in [0.2, 0.25) is 0 Å². The first-order chi connectivity index (χ1) is 12.8. The molecule has 6 nitrogen and oxygen atoms in total. The van der Waals surface area contributed by atoms with Crippen LogP contribution in [0.15, 0.2) is 22.3 Å². The third-order valence-corrected chi connectivity index (χ3v) is 7.54. The number of esters is 1. The van der Waals surface area contributed by atoms with E-state index < -0.39 is 28.8 Å². The fraction of sp³-hybridized carbons (Fsp3) is 0.571. The van der Waals surface area contributed by atoms with Gasteiger partial charge in [0.2, 0.25) is 5.78 Å². The summed E-state index contributed by atoms with van der Waals surface area (Å²) in [5.74, 6) is -0.720. The van der Waals surface area contributed by atoms with Gasteiger partial charge in [-0.3, -0.25) is 9.59 Å². The van der Waals surface area contributed by atoms with E-state index in [-0.39, 0.29) is 36.3 Å². The Morgan fingerprint density at radius 2 is 2.04 bits per heavy atom. The molecule has 1 fully saturated rings. The number of allylic oxidation sites excluding steroid dienone is 1. The summed E-state index contributed by atoms with van der Waals surface area (Å²) >= 11 is 0. The number of furan rings is 1. The van der Waals surface area contributed by atoms with Crippen LogP contribution in [0.4, 0.5) is 0 Å². The fourth-order valence-electron chi connectivity index (χ4n) is 6.03. The minimum Gasteiger partial charge on any atom is -0.460 e. The van der Waals surface area contributed by atoms with Crippen LogP contribution in [-0.2, 0) is 14.9 Å². The molecule has 2 heterocycles. The SMILES string of the molecule is C[C@]12CC=C3C(C(=O)c4occ5c4[C@]3(C)[C@@H](CCO)OC5=O)[C@@H]1CCC2=O. The van der Waals surface area contributed by atoms with Crippen LogP contribution < -0.4 is 0 Å². The number of rotatable bonds is 2. The predicted molar refractivity (Wildman–Crippen MR) is 93.3 cm³/mol. The molecule has 0 aromatic carbocycles. The van der Waals surface area contributed by atoms with Crippen molar-refractivity contribution in [2.24, 2.45) is 17.3 Å². The van der Waals surface area contributed by atoms with Crippen molar-refractivity contribution in [1.82, 2.24) is 0 Å². The van der Waals surface area contributed by atoms with Gasteiger partial charge in [-0.1, -0.05) is 13.0 Å². The quantitative estimate of drug-likeness (QED) is 0.635. The van der Waals surface area contributed by atoms with E-state index in [0.717, 1.165) is 5.57 Å². The molecule has 1 saturated carbocycles. The lowest BCUT2D eigenvalue weighted by atomic mass is 9.52. The van der Waals surface area contributed by atoms with E-state index in [1.807, 2.05) is 19.9 Å². The number of carbonyl (C=O) groups is 3. The highest BCUT2D eigenvalue weighted by molar-refractivity contribution is 6.07. The zero-order valence-electron chi connectivity index (χ0n) is 15.4. The van der Waals surface area contributed by atoms with Gasteiger partial charge in [0.25, 0.3) is 0 Å². The van der Waals surface area contributed by atoms with Gasteiger partial charge in [-0.15, -0.1) is 0 Å². The normalized spacial score (nSPS) is 39.4. The van der Waals surface area contributed by atoms with Crippen molar-refractivity contribution >= 4 is 17.5 Å². The van der Waals surface area contributed by atoms with Crippen molar-refractivity contribution in [3.63, 3.8) is 0 Å². The summed E-state index contributed by atoms with van der Waals surface area (Å²) < 4.78 is 11.3. The van der Waals surface area contributed by atoms with Crippen molar-refractivity contribution < 1.29 is 28.6 Å². The Bertz CT molecular complexity index is 923. The molecule has 1 N–H and O–H groups in total. The molecule has 1 aromatic heterocycles. The van der Waals surface area contributed by atoms with Crippen molar-refractivity contribution in [3.05, 3.63) is 34.8 Å². The van der Waals surface area contributed by atoms with Crippen LogP contribution in [-0.4, -0.2) is 35.4 Å². The molecule has 1 unspecified atom stereocenters. The Balaban J connectivity index is 1.76. The number of ether oxygens (including phenoxy) is 1. The molecule has 0 radical (unpaired) electrons. The van der Waals surface area contributed by atoms with Gasteiger partial charge in [0.05, 0.1) is 11.3 Å². The lowest BCUT2D eigenvalue weighted by Gasteiger charge is -2.51. The lowest BCUT2D eigenvalue weighted by Crippen LogP contribution is -2.55. The molecule has 0 amide bonds. The maximum absolute atomic E-state index is 13.4. The number of aliphatic hydroxyl groups is 1. The molecular weight excluding hydrogens is 348 g/mol. The van der Waals surface area contributed by atoms with Gasteiger partial charge >= 0.3 is 5.97 Å². The number of cyclic esters (lactones) is 1. The molecular formula is C21H22O6. The van der Waals surface area contributed by atoms with Crippen molar-refractivity contribution in [3.8, 4) is 0 Å². The summed E-state index contributed by atoms with van der Waals surface area (Å²) in [6.45, 7) is 3.81. The number of hydrogen-bond donors (Lipinski definition) is 1. The van der Waals surface area contributed by atoms with Gasteiger partial charge < -0.3 is 14.3 Å². The summed E-state index contributed by atoms with van der Waals surface area (Å²) in [4.78, 5) is 38.4. The highest BCUT2D eigenvalue weighted by atomic mass is 16.5. The van der Waals surface area contributed by atoms with Crippen molar-refractivity contribution in [2.45, 2.75) is 51.0 Å². The average Bonchev–Trinajstić information content (AvgIpc) is 3.21. The largest absolute Gasteiger partial charge is 0.460 e. The van der Waals surface area contributed by atoms with E-state index >= 15 is 0 Å². The van der Waals surface area contributed by atoms with Gasteiger partial charge in [-0.25, -0.2) is 4.79 Å². The van der Waals surface area contributed by atoms with Crippen LogP contribution >= 0.6 is 0 Å². The number of Topliss-reactive ketones (excluding diaryl/α,β-unsaturated/α-hetero) is 2. The zero-order chi connectivity index (χ0) is 19.1. The van der Waals surface area contributed by atoms with Gasteiger partial charge in [-0.2, -0.15) is 0 Å². The van der Waals surface area contributed by atoms with Gasteiger partial charge in [0.1, 0.15) is 23.7 Å². The number of ketones is 2. The first-order valence-electron chi connectivity index (χ1n) is 9.56. The number of aliphatic hydroxyl groups excluding tert-OH is 1. The van der Waals surface area contributed by atoms with E-state index in [0.29, 0.717) is 30.4 Å². The Morgan fingerprint density at radius 3 is 2.78 bits per heavy atom. The highest BCUT2D eigenvalue weighted by Crippen LogP contribution is 2.61. The summed E-state index contributed by atoms with van der Waals surface area (Å²) in [5, 5.41) is 9.55. The van der Waals surface area contributed by atoms with Crippen LogP contribution in [0.1, 0.15) is 66.0 Å².